The van der Waals surface area contributed by atoms with Crippen LogP contribution in [0.1, 0.15) is 19.4 Å². The van der Waals surface area contributed by atoms with E-state index < -0.39 is 0 Å². The van der Waals surface area contributed by atoms with Crippen molar-refractivity contribution >= 4 is 16.5 Å². The molecule has 88 valence electrons. The van der Waals surface area contributed by atoms with E-state index in [2.05, 4.69) is 44.0 Å². The lowest BCUT2D eigenvalue weighted by atomic mass is 9.85. The third-order valence-corrected chi connectivity index (χ3v) is 3.69. The van der Waals surface area contributed by atoms with Crippen LogP contribution in [0.2, 0.25) is 0 Å². The molecule has 0 atom stereocenters. The quantitative estimate of drug-likeness (QED) is 0.746. The fraction of sp³-hybridized carbons (Fsp3) is 0.333. The molecule has 1 N–H and O–H groups in total. The van der Waals surface area contributed by atoms with Gasteiger partial charge in [-0.3, -0.25) is 0 Å². The van der Waals surface area contributed by atoms with Crippen molar-refractivity contribution in [3.05, 3.63) is 35.9 Å². The Hall–Kier alpha value is -1.70. The van der Waals surface area contributed by atoms with Gasteiger partial charge in [-0.25, -0.2) is 0 Å². The third-order valence-electron chi connectivity index (χ3n) is 3.69. The van der Waals surface area contributed by atoms with Crippen molar-refractivity contribution in [3.63, 3.8) is 0 Å². The zero-order chi connectivity index (χ0) is 12.2. The van der Waals surface area contributed by atoms with Crippen molar-refractivity contribution in [2.75, 3.05) is 18.5 Å². The van der Waals surface area contributed by atoms with Crippen LogP contribution in [0.5, 0.6) is 5.75 Å². The normalized spacial score (nSPS) is 17.5. The van der Waals surface area contributed by atoms with E-state index in [0.29, 0.717) is 5.75 Å². The maximum atomic E-state index is 10.3. The molecule has 1 heterocycles. The van der Waals surface area contributed by atoms with Crippen LogP contribution >= 0.6 is 0 Å². The maximum absolute atomic E-state index is 10.3. The minimum atomic E-state index is 0.0121. The molecule has 0 amide bonds. The van der Waals surface area contributed by atoms with E-state index in [4.69, 9.17) is 0 Å². The molecule has 0 fully saturated rings. The van der Waals surface area contributed by atoms with Gasteiger partial charge in [-0.05, 0) is 11.5 Å². The molecule has 2 aromatic carbocycles. The van der Waals surface area contributed by atoms with Gasteiger partial charge < -0.3 is 10.0 Å². The number of likely N-dealkylation sites (N-methyl/N-ethyl adjacent to an activating group) is 1. The number of benzene rings is 2. The summed E-state index contributed by atoms with van der Waals surface area (Å²) in [7, 11) is 2.10. The number of anilines is 1. The summed E-state index contributed by atoms with van der Waals surface area (Å²) in [6.07, 6.45) is 0. The number of hydrogen-bond donors (Lipinski definition) is 1. The molecular formula is C15H17NO. The van der Waals surface area contributed by atoms with Crippen LogP contribution in [0.4, 0.5) is 5.69 Å². The number of phenolic OH excluding ortho intramolecular Hbond substituents is 1. The Balaban J connectivity index is 2.46. The predicted molar refractivity (Wildman–Crippen MR) is 71.9 cm³/mol. The van der Waals surface area contributed by atoms with Crippen molar-refractivity contribution in [1.82, 2.24) is 0 Å². The van der Waals surface area contributed by atoms with Crippen LogP contribution in [0, 0.1) is 0 Å². The lowest BCUT2D eigenvalue weighted by Gasteiger charge is -2.19. The first-order valence-corrected chi connectivity index (χ1v) is 5.97. The highest BCUT2D eigenvalue weighted by Gasteiger charge is 2.37. The zero-order valence-corrected chi connectivity index (χ0v) is 10.5. The predicted octanol–water partition coefficient (Wildman–Crippen LogP) is 3.27. The molecule has 2 heteroatoms. The summed E-state index contributed by atoms with van der Waals surface area (Å²) in [6, 6.07) is 10.1. The first-order valence-electron chi connectivity index (χ1n) is 5.97. The standard InChI is InChI=1S/C15H17NO/c1-15(2)9-16(3)14-11-7-5-4-6-10(11)8-12(17)13(14)15/h4-8,17H,9H2,1-3H3. The Labute approximate surface area is 101 Å². The summed E-state index contributed by atoms with van der Waals surface area (Å²) >= 11 is 0. The fourth-order valence-electron chi connectivity index (χ4n) is 3.13. The summed E-state index contributed by atoms with van der Waals surface area (Å²) < 4.78 is 0. The molecule has 0 radical (unpaired) electrons. The minimum Gasteiger partial charge on any atom is -0.508 e. The number of aromatic hydroxyl groups is 1. The van der Waals surface area contributed by atoms with Crippen LogP contribution in [0.3, 0.4) is 0 Å². The van der Waals surface area contributed by atoms with Crippen molar-refractivity contribution in [2.45, 2.75) is 19.3 Å². The maximum Gasteiger partial charge on any atom is 0.122 e. The molecule has 0 spiro atoms. The van der Waals surface area contributed by atoms with Crippen LogP contribution in [0.25, 0.3) is 10.8 Å². The van der Waals surface area contributed by atoms with Crippen LogP contribution in [-0.4, -0.2) is 18.7 Å². The Kier molecular flexibility index (Phi) is 1.94. The largest absolute Gasteiger partial charge is 0.508 e. The molecule has 0 aromatic heterocycles. The second kappa shape index (κ2) is 3.16. The van der Waals surface area contributed by atoms with Gasteiger partial charge in [0.25, 0.3) is 0 Å². The van der Waals surface area contributed by atoms with Gasteiger partial charge in [-0.15, -0.1) is 0 Å². The van der Waals surface area contributed by atoms with E-state index >= 15 is 0 Å². The van der Waals surface area contributed by atoms with Crippen molar-refractivity contribution in [2.24, 2.45) is 0 Å². The third kappa shape index (κ3) is 1.33. The lowest BCUT2D eigenvalue weighted by molar-refractivity contribution is 0.449. The summed E-state index contributed by atoms with van der Waals surface area (Å²) in [5.41, 5.74) is 2.28. The zero-order valence-electron chi connectivity index (χ0n) is 10.5. The first-order chi connectivity index (χ1) is 8.00. The molecule has 1 aliphatic rings. The van der Waals surface area contributed by atoms with Gasteiger partial charge >= 0.3 is 0 Å². The second-order valence-electron chi connectivity index (χ2n) is 5.58. The van der Waals surface area contributed by atoms with Gasteiger partial charge in [0.1, 0.15) is 5.75 Å². The van der Waals surface area contributed by atoms with Gasteiger partial charge in [0.15, 0.2) is 0 Å². The number of phenols is 1. The Morgan fingerprint density at radius 3 is 2.71 bits per heavy atom. The molecule has 0 saturated heterocycles. The molecule has 3 rings (SSSR count). The van der Waals surface area contributed by atoms with Crippen LogP contribution < -0.4 is 4.90 Å². The first kappa shape index (κ1) is 10.5. The molecular weight excluding hydrogens is 210 g/mol. The molecule has 0 aliphatic carbocycles. The molecule has 0 bridgehead atoms. The summed E-state index contributed by atoms with van der Waals surface area (Å²) in [5, 5.41) is 12.6. The van der Waals surface area contributed by atoms with E-state index in [9.17, 15) is 5.11 Å². The van der Waals surface area contributed by atoms with E-state index in [-0.39, 0.29) is 5.41 Å². The SMILES string of the molecule is CN1CC(C)(C)c2c(O)cc3ccccc3c21. The van der Waals surface area contributed by atoms with Crippen molar-refractivity contribution < 1.29 is 5.11 Å². The Morgan fingerprint density at radius 1 is 1.24 bits per heavy atom. The lowest BCUT2D eigenvalue weighted by Crippen LogP contribution is -2.25. The molecule has 17 heavy (non-hydrogen) atoms. The summed E-state index contributed by atoms with van der Waals surface area (Å²) in [6.45, 7) is 5.32. The van der Waals surface area contributed by atoms with E-state index in [1.807, 2.05) is 12.1 Å². The van der Waals surface area contributed by atoms with Gasteiger partial charge in [-0.2, -0.15) is 0 Å². The highest BCUT2D eigenvalue weighted by atomic mass is 16.3. The summed E-state index contributed by atoms with van der Waals surface area (Å²) in [4.78, 5) is 2.25. The average molecular weight is 227 g/mol. The molecule has 2 nitrogen and oxygen atoms in total. The Bertz CT molecular complexity index is 601. The monoisotopic (exact) mass is 227 g/mol. The van der Waals surface area contributed by atoms with Crippen molar-refractivity contribution in [3.8, 4) is 5.75 Å². The number of hydrogen-bond acceptors (Lipinski definition) is 2. The molecule has 2 aromatic rings. The Morgan fingerprint density at radius 2 is 1.94 bits per heavy atom. The highest BCUT2D eigenvalue weighted by molar-refractivity contribution is 5.99. The van der Waals surface area contributed by atoms with E-state index in [0.717, 1.165) is 17.5 Å². The van der Waals surface area contributed by atoms with E-state index in [1.165, 1.54) is 11.1 Å². The van der Waals surface area contributed by atoms with Gasteiger partial charge in [0, 0.05) is 30.0 Å². The second-order valence-corrected chi connectivity index (χ2v) is 5.58. The van der Waals surface area contributed by atoms with Gasteiger partial charge in [0.05, 0.1) is 5.69 Å². The van der Waals surface area contributed by atoms with Crippen LogP contribution in [0.15, 0.2) is 30.3 Å². The topological polar surface area (TPSA) is 23.5 Å². The molecule has 0 unspecified atom stereocenters. The highest BCUT2D eigenvalue weighted by Crippen LogP contribution is 2.48. The molecule has 0 saturated carbocycles. The van der Waals surface area contributed by atoms with Gasteiger partial charge in [0.2, 0.25) is 0 Å². The van der Waals surface area contributed by atoms with Crippen LogP contribution in [-0.2, 0) is 5.41 Å². The number of nitrogens with zero attached hydrogens (tertiary/aromatic N) is 1. The summed E-state index contributed by atoms with van der Waals surface area (Å²) in [5.74, 6) is 0.424. The average Bonchev–Trinajstić information content (AvgIpc) is 2.50. The fourth-order valence-corrected chi connectivity index (χ4v) is 3.13. The van der Waals surface area contributed by atoms with Gasteiger partial charge in [-0.1, -0.05) is 38.1 Å². The number of fused-ring (bicyclic) bond motifs is 3. The molecule has 1 aliphatic heterocycles. The van der Waals surface area contributed by atoms with Crippen molar-refractivity contribution in [1.29, 1.82) is 0 Å². The number of rotatable bonds is 0. The minimum absolute atomic E-state index is 0.0121. The smallest absolute Gasteiger partial charge is 0.122 e. The van der Waals surface area contributed by atoms with E-state index in [1.54, 1.807) is 0 Å².